The van der Waals surface area contributed by atoms with Crippen LogP contribution in [-0.4, -0.2) is 9.55 Å². The van der Waals surface area contributed by atoms with Crippen LogP contribution in [0.3, 0.4) is 0 Å². The van der Waals surface area contributed by atoms with E-state index in [0.29, 0.717) is 5.89 Å². The summed E-state index contributed by atoms with van der Waals surface area (Å²) in [6.07, 6.45) is 7.77. The number of nitrogens with zero attached hydrogens (tertiary/aromatic N) is 2. The number of aromatic nitrogens is 2. The third kappa shape index (κ3) is 4.91. The van der Waals surface area contributed by atoms with Gasteiger partial charge in [-0.15, -0.1) is 0 Å². The van der Waals surface area contributed by atoms with E-state index in [-0.39, 0.29) is 5.92 Å². The van der Waals surface area contributed by atoms with Gasteiger partial charge in [0.2, 0.25) is 5.89 Å². The molecule has 4 heteroatoms. The van der Waals surface area contributed by atoms with Gasteiger partial charge in [0.25, 0.3) is 0 Å². The molecule has 0 saturated carbocycles. The van der Waals surface area contributed by atoms with Crippen LogP contribution in [0.1, 0.15) is 23.5 Å². The minimum atomic E-state index is 0.242. The third-order valence-electron chi connectivity index (χ3n) is 9.30. The summed E-state index contributed by atoms with van der Waals surface area (Å²) in [5.74, 6) is 0.886. The highest BCUT2D eigenvalue weighted by molar-refractivity contribution is 14.1. The van der Waals surface area contributed by atoms with Crippen LogP contribution < -0.4 is 0 Å². The van der Waals surface area contributed by atoms with Gasteiger partial charge in [-0.25, -0.2) is 4.98 Å². The van der Waals surface area contributed by atoms with E-state index in [4.69, 9.17) is 9.40 Å². The Morgan fingerprint density at radius 2 is 1.40 bits per heavy atom. The van der Waals surface area contributed by atoms with Gasteiger partial charge in [0, 0.05) is 31.5 Å². The SMILES string of the molecule is Ic1ccc2oc(-c3ccc(-c4ccccc4C4=CC=CCC4c4ccc5c(c4)c4ccccc4n5-c4ccccc4)cc3)nc2c1. The monoisotopic (exact) mass is 716 g/mol. The minimum absolute atomic E-state index is 0.242. The first-order chi connectivity index (χ1) is 23.2. The highest BCUT2D eigenvalue weighted by atomic mass is 127. The lowest BCUT2D eigenvalue weighted by atomic mass is 9.79. The zero-order chi connectivity index (χ0) is 31.3. The minimum Gasteiger partial charge on any atom is -0.436 e. The Labute approximate surface area is 286 Å². The molecule has 0 fully saturated rings. The summed E-state index contributed by atoms with van der Waals surface area (Å²) in [6.45, 7) is 0. The summed E-state index contributed by atoms with van der Waals surface area (Å²) >= 11 is 2.31. The van der Waals surface area contributed by atoms with Gasteiger partial charge in [0.05, 0.1) is 11.0 Å². The molecule has 47 heavy (non-hydrogen) atoms. The molecule has 2 heterocycles. The molecule has 1 unspecified atom stereocenters. The van der Waals surface area contributed by atoms with E-state index in [1.54, 1.807) is 0 Å². The van der Waals surface area contributed by atoms with Crippen LogP contribution in [0.5, 0.6) is 0 Å². The maximum atomic E-state index is 6.09. The maximum absolute atomic E-state index is 6.09. The van der Waals surface area contributed by atoms with Crippen molar-refractivity contribution in [2.24, 2.45) is 0 Å². The summed E-state index contributed by atoms with van der Waals surface area (Å²) in [5.41, 5.74) is 12.6. The van der Waals surface area contributed by atoms with E-state index in [1.165, 1.54) is 55.3 Å². The second-order valence-electron chi connectivity index (χ2n) is 12.1. The van der Waals surface area contributed by atoms with Crippen molar-refractivity contribution in [2.75, 3.05) is 0 Å². The summed E-state index contributed by atoms with van der Waals surface area (Å²) in [7, 11) is 0. The largest absolute Gasteiger partial charge is 0.436 e. The highest BCUT2D eigenvalue weighted by Crippen LogP contribution is 2.43. The predicted molar refractivity (Wildman–Crippen MR) is 203 cm³/mol. The number of oxazole rings is 1. The topological polar surface area (TPSA) is 31.0 Å². The number of benzene rings is 6. The van der Waals surface area contributed by atoms with Crippen LogP contribution >= 0.6 is 22.6 Å². The Bertz CT molecular complexity index is 2500. The van der Waals surface area contributed by atoms with Crippen LogP contribution in [-0.2, 0) is 0 Å². The zero-order valence-corrected chi connectivity index (χ0v) is 27.6. The number of halogens is 1. The van der Waals surface area contributed by atoms with Crippen molar-refractivity contribution >= 4 is 61.1 Å². The van der Waals surface area contributed by atoms with Gasteiger partial charge < -0.3 is 8.98 Å². The maximum Gasteiger partial charge on any atom is 0.227 e. The molecule has 0 radical (unpaired) electrons. The van der Waals surface area contributed by atoms with Gasteiger partial charge >= 0.3 is 0 Å². The van der Waals surface area contributed by atoms with Crippen molar-refractivity contribution in [1.82, 2.24) is 9.55 Å². The molecule has 2 aromatic heterocycles. The second-order valence-corrected chi connectivity index (χ2v) is 13.3. The van der Waals surface area contributed by atoms with E-state index in [1.807, 2.05) is 12.1 Å². The standard InChI is InChI=1S/C43H29IN2O/c44-31-23-25-42-39(27-31)45-43(47-42)29-20-18-28(19-21-29)33-12-4-6-14-35(33)36-15-7-5-13-34(36)30-22-24-41-38(26-30)37-16-8-9-17-40(37)46(41)32-10-2-1-3-11-32/h1-12,14-27,34H,13H2. The van der Waals surface area contributed by atoms with Gasteiger partial charge in [0.15, 0.2) is 5.58 Å². The van der Waals surface area contributed by atoms with Gasteiger partial charge in [-0.3, -0.25) is 0 Å². The molecular weight excluding hydrogens is 687 g/mol. The number of hydrogen-bond acceptors (Lipinski definition) is 2. The molecule has 3 nitrogen and oxygen atoms in total. The van der Waals surface area contributed by atoms with Crippen molar-refractivity contribution in [2.45, 2.75) is 12.3 Å². The van der Waals surface area contributed by atoms with Crippen LogP contribution in [0.2, 0.25) is 0 Å². The first-order valence-corrected chi connectivity index (χ1v) is 17.0. The quantitative estimate of drug-likeness (QED) is 0.166. The molecule has 224 valence electrons. The van der Waals surface area contributed by atoms with E-state index in [2.05, 4.69) is 173 Å². The molecule has 8 aromatic rings. The average molecular weight is 717 g/mol. The molecule has 1 aliphatic rings. The van der Waals surface area contributed by atoms with Crippen LogP contribution in [0.4, 0.5) is 0 Å². The lowest BCUT2D eigenvalue weighted by Crippen LogP contribution is -2.05. The van der Waals surface area contributed by atoms with Gasteiger partial charge in [-0.2, -0.15) is 0 Å². The fourth-order valence-electron chi connectivity index (χ4n) is 7.09. The molecule has 0 spiro atoms. The lowest BCUT2D eigenvalue weighted by molar-refractivity contribution is 0.620. The smallest absolute Gasteiger partial charge is 0.227 e. The number of hydrogen-bond donors (Lipinski definition) is 0. The van der Waals surface area contributed by atoms with Gasteiger partial charge in [-0.05, 0) is 118 Å². The Morgan fingerprint density at radius 3 is 2.28 bits per heavy atom. The molecule has 1 aliphatic carbocycles. The van der Waals surface area contributed by atoms with Crippen LogP contribution in [0.25, 0.3) is 66.7 Å². The van der Waals surface area contributed by atoms with E-state index < -0.39 is 0 Å². The Morgan fingerprint density at radius 1 is 0.660 bits per heavy atom. The third-order valence-corrected chi connectivity index (χ3v) is 9.97. The molecule has 0 bridgehead atoms. The number of rotatable bonds is 5. The molecule has 9 rings (SSSR count). The average Bonchev–Trinajstić information content (AvgIpc) is 3.71. The zero-order valence-electron chi connectivity index (χ0n) is 25.5. The molecule has 0 N–H and O–H groups in total. The van der Waals surface area contributed by atoms with Crippen LogP contribution in [0, 0.1) is 3.57 Å². The van der Waals surface area contributed by atoms with Crippen molar-refractivity contribution in [3.05, 3.63) is 172 Å². The molecular formula is C43H29IN2O. The first-order valence-electron chi connectivity index (χ1n) is 15.9. The number of fused-ring (bicyclic) bond motifs is 4. The first kappa shape index (κ1) is 28.1. The Balaban J connectivity index is 1.10. The fraction of sp³-hybridized carbons (Fsp3) is 0.0465. The van der Waals surface area contributed by atoms with Crippen molar-refractivity contribution in [3.8, 4) is 28.3 Å². The summed E-state index contributed by atoms with van der Waals surface area (Å²) in [4.78, 5) is 4.75. The number of allylic oxidation sites excluding steroid dienone is 4. The summed E-state index contributed by atoms with van der Waals surface area (Å²) in [5, 5.41) is 2.56. The fourth-order valence-corrected chi connectivity index (χ4v) is 7.56. The molecule has 0 aliphatic heterocycles. The Kier molecular flexibility index (Phi) is 6.90. The summed E-state index contributed by atoms with van der Waals surface area (Å²) < 4.78 is 9.61. The lowest BCUT2D eigenvalue weighted by Gasteiger charge is -2.25. The van der Waals surface area contributed by atoms with E-state index >= 15 is 0 Å². The van der Waals surface area contributed by atoms with E-state index in [9.17, 15) is 0 Å². The summed E-state index contributed by atoms with van der Waals surface area (Å²) in [6, 6.07) is 49.9. The normalized spacial score (nSPS) is 14.7. The molecule has 0 saturated heterocycles. The van der Waals surface area contributed by atoms with Crippen molar-refractivity contribution in [3.63, 3.8) is 0 Å². The van der Waals surface area contributed by atoms with Gasteiger partial charge in [0.1, 0.15) is 5.52 Å². The highest BCUT2D eigenvalue weighted by Gasteiger charge is 2.23. The van der Waals surface area contributed by atoms with E-state index in [0.717, 1.165) is 26.7 Å². The van der Waals surface area contributed by atoms with Gasteiger partial charge in [-0.1, -0.05) is 97.1 Å². The molecule has 6 aromatic carbocycles. The molecule has 1 atom stereocenters. The predicted octanol–water partition coefficient (Wildman–Crippen LogP) is 12.0. The van der Waals surface area contributed by atoms with Crippen molar-refractivity contribution < 1.29 is 4.42 Å². The second kappa shape index (κ2) is 11.6. The van der Waals surface area contributed by atoms with Crippen LogP contribution in [0.15, 0.2) is 162 Å². The molecule has 0 amide bonds. The number of para-hydroxylation sites is 2. The Hall–Kier alpha value is -5.20. The van der Waals surface area contributed by atoms with Crippen molar-refractivity contribution in [1.29, 1.82) is 0 Å².